The van der Waals surface area contributed by atoms with Crippen molar-refractivity contribution in [2.24, 2.45) is 0 Å². The van der Waals surface area contributed by atoms with E-state index in [0.29, 0.717) is 0 Å². The van der Waals surface area contributed by atoms with Gasteiger partial charge in [0.05, 0.1) is 11.2 Å². The van der Waals surface area contributed by atoms with Crippen LogP contribution in [0.2, 0.25) is 5.02 Å². The molecular formula is C22H24BClO2. The summed E-state index contributed by atoms with van der Waals surface area (Å²) in [6.45, 7) is 8.41. The number of aryl methyl sites for hydroxylation is 1. The van der Waals surface area contributed by atoms with Crippen LogP contribution in [0.4, 0.5) is 0 Å². The summed E-state index contributed by atoms with van der Waals surface area (Å²) in [5.74, 6) is 0. The summed E-state index contributed by atoms with van der Waals surface area (Å²) < 4.78 is 12.8. The third kappa shape index (κ3) is 2.92. The molecule has 0 unspecified atom stereocenters. The van der Waals surface area contributed by atoms with Crippen molar-refractivity contribution in [2.75, 3.05) is 0 Å². The molecule has 0 saturated carbocycles. The molecule has 4 rings (SSSR count). The highest BCUT2D eigenvalue weighted by Gasteiger charge is 2.53. The molecule has 0 aromatic heterocycles. The lowest BCUT2D eigenvalue weighted by molar-refractivity contribution is 0.00578. The molecule has 0 N–H and O–H groups in total. The molecular weight excluding hydrogens is 343 g/mol. The number of hydrogen-bond donors (Lipinski definition) is 0. The molecule has 1 heterocycles. The zero-order valence-electron chi connectivity index (χ0n) is 15.8. The van der Waals surface area contributed by atoms with Gasteiger partial charge < -0.3 is 9.31 Å². The Hall–Kier alpha value is -1.55. The summed E-state index contributed by atoms with van der Waals surface area (Å²) in [5, 5.41) is 0.787. The first-order valence-corrected chi connectivity index (χ1v) is 9.59. The summed E-state index contributed by atoms with van der Waals surface area (Å²) in [5.41, 5.74) is 5.49. The molecule has 0 amide bonds. The van der Waals surface area contributed by atoms with Gasteiger partial charge >= 0.3 is 7.12 Å². The van der Waals surface area contributed by atoms with Crippen LogP contribution in [0.3, 0.4) is 0 Å². The van der Waals surface area contributed by atoms with Gasteiger partial charge in [-0.15, -0.1) is 0 Å². The van der Waals surface area contributed by atoms with Crippen molar-refractivity contribution in [1.82, 2.24) is 0 Å². The van der Waals surface area contributed by atoms with Gasteiger partial charge in [0.25, 0.3) is 0 Å². The van der Waals surface area contributed by atoms with E-state index < -0.39 is 0 Å². The highest BCUT2D eigenvalue weighted by Crippen LogP contribution is 2.44. The van der Waals surface area contributed by atoms with E-state index >= 15 is 0 Å². The fourth-order valence-corrected chi connectivity index (χ4v) is 3.94. The Morgan fingerprint density at radius 2 is 1.54 bits per heavy atom. The lowest BCUT2D eigenvalue weighted by Gasteiger charge is -2.32. The quantitative estimate of drug-likeness (QED) is 0.633. The molecule has 1 aliphatic heterocycles. The standard InChI is InChI=1S/C22H24BClO2/c1-21(2)22(3,4)26-23(25-21)19-13-10-16-14-17(24)11-12-18(16)20(19)15-8-6-5-7-9-15/h5-9,11-12,14H,10,13H2,1-4H3. The smallest absolute Gasteiger partial charge is 0.400 e. The van der Waals surface area contributed by atoms with Crippen molar-refractivity contribution in [3.05, 3.63) is 75.7 Å². The van der Waals surface area contributed by atoms with Gasteiger partial charge in [0.2, 0.25) is 0 Å². The highest BCUT2D eigenvalue weighted by molar-refractivity contribution is 6.56. The van der Waals surface area contributed by atoms with E-state index in [1.807, 2.05) is 12.1 Å². The van der Waals surface area contributed by atoms with Gasteiger partial charge in [0.15, 0.2) is 0 Å². The lowest BCUT2D eigenvalue weighted by Crippen LogP contribution is -2.41. The van der Waals surface area contributed by atoms with Crippen molar-refractivity contribution < 1.29 is 9.31 Å². The number of fused-ring (bicyclic) bond motifs is 1. The third-order valence-electron chi connectivity index (χ3n) is 5.92. The molecule has 0 spiro atoms. The van der Waals surface area contributed by atoms with Crippen LogP contribution in [-0.4, -0.2) is 18.3 Å². The number of rotatable bonds is 2. The summed E-state index contributed by atoms with van der Waals surface area (Å²) >= 11 is 6.24. The van der Waals surface area contributed by atoms with Crippen molar-refractivity contribution in [3.63, 3.8) is 0 Å². The predicted molar refractivity (Wildman–Crippen MR) is 108 cm³/mol. The van der Waals surface area contributed by atoms with Gasteiger partial charge in [-0.25, -0.2) is 0 Å². The highest BCUT2D eigenvalue weighted by atomic mass is 35.5. The fourth-order valence-electron chi connectivity index (χ4n) is 3.75. The van der Waals surface area contributed by atoms with E-state index in [-0.39, 0.29) is 18.3 Å². The summed E-state index contributed by atoms with van der Waals surface area (Å²) in [6.07, 6.45) is 1.86. The van der Waals surface area contributed by atoms with Crippen LogP contribution < -0.4 is 0 Å². The summed E-state index contributed by atoms with van der Waals surface area (Å²) in [4.78, 5) is 0. The maximum atomic E-state index is 6.39. The van der Waals surface area contributed by atoms with E-state index in [2.05, 4.69) is 64.1 Å². The van der Waals surface area contributed by atoms with Crippen LogP contribution in [0.1, 0.15) is 50.8 Å². The Kier molecular flexibility index (Phi) is 4.30. The van der Waals surface area contributed by atoms with Crippen molar-refractivity contribution in [1.29, 1.82) is 0 Å². The second-order valence-electron chi connectivity index (χ2n) is 8.16. The van der Waals surface area contributed by atoms with Crippen LogP contribution in [0.5, 0.6) is 0 Å². The van der Waals surface area contributed by atoms with Gasteiger partial charge in [-0.05, 0) is 80.4 Å². The van der Waals surface area contributed by atoms with Crippen LogP contribution in [0.15, 0.2) is 54.0 Å². The van der Waals surface area contributed by atoms with Crippen LogP contribution in [0, 0.1) is 0 Å². The van der Waals surface area contributed by atoms with Gasteiger partial charge in [-0.3, -0.25) is 0 Å². The minimum Gasteiger partial charge on any atom is -0.400 e. The average Bonchev–Trinajstić information content (AvgIpc) is 2.82. The first-order valence-electron chi connectivity index (χ1n) is 9.21. The normalized spacial score (nSPS) is 21.0. The number of halogens is 1. The largest absolute Gasteiger partial charge is 0.491 e. The Labute approximate surface area is 161 Å². The molecule has 1 aliphatic carbocycles. The molecule has 0 radical (unpaired) electrons. The van der Waals surface area contributed by atoms with E-state index in [1.54, 1.807) is 0 Å². The van der Waals surface area contributed by atoms with Gasteiger partial charge in [0, 0.05) is 5.02 Å². The predicted octanol–water partition coefficient (Wildman–Crippen LogP) is 5.72. The van der Waals surface area contributed by atoms with Crippen molar-refractivity contribution >= 4 is 24.3 Å². The van der Waals surface area contributed by atoms with Gasteiger partial charge in [0.1, 0.15) is 0 Å². The summed E-state index contributed by atoms with van der Waals surface area (Å²) in [6, 6.07) is 16.7. The van der Waals surface area contributed by atoms with Gasteiger partial charge in [-0.2, -0.15) is 0 Å². The minimum absolute atomic E-state index is 0.320. The van der Waals surface area contributed by atoms with E-state index in [9.17, 15) is 0 Å². The Bertz CT molecular complexity index is 855. The van der Waals surface area contributed by atoms with Crippen molar-refractivity contribution in [2.45, 2.75) is 51.7 Å². The molecule has 4 heteroatoms. The molecule has 1 saturated heterocycles. The second kappa shape index (κ2) is 6.26. The Balaban J connectivity index is 1.88. The average molecular weight is 367 g/mol. The molecule has 2 nitrogen and oxygen atoms in total. The van der Waals surface area contributed by atoms with E-state index in [1.165, 1.54) is 27.7 Å². The van der Waals surface area contributed by atoms with Crippen LogP contribution in [-0.2, 0) is 15.7 Å². The van der Waals surface area contributed by atoms with E-state index in [4.69, 9.17) is 20.9 Å². The minimum atomic E-state index is -0.341. The number of benzene rings is 2. The topological polar surface area (TPSA) is 18.5 Å². The van der Waals surface area contributed by atoms with E-state index in [0.717, 1.165) is 17.9 Å². The molecule has 26 heavy (non-hydrogen) atoms. The Morgan fingerprint density at radius 3 is 2.19 bits per heavy atom. The molecule has 134 valence electrons. The molecule has 0 bridgehead atoms. The maximum Gasteiger partial charge on any atom is 0.491 e. The van der Waals surface area contributed by atoms with Crippen LogP contribution in [0.25, 0.3) is 5.57 Å². The molecule has 2 aliphatic rings. The first-order chi connectivity index (χ1) is 12.3. The Morgan fingerprint density at radius 1 is 0.885 bits per heavy atom. The third-order valence-corrected chi connectivity index (χ3v) is 6.16. The fraction of sp³-hybridized carbons (Fsp3) is 0.364. The zero-order chi connectivity index (χ0) is 18.5. The summed E-state index contributed by atoms with van der Waals surface area (Å²) in [7, 11) is -0.320. The number of allylic oxidation sites excluding steroid dienone is 1. The van der Waals surface area contributed by atoms with Crippen molar-refractivity contribution in [3.8, 4) is 0 Å². The SMILES string of the molecule is CC1(C)OB(C2=C(c3ccccc3)c3ccc(Cl)cc3CC2)OC1(C)C. The first kappa shape index (κ1) is 17.8. The zero-order valence-corrected chi connectivity index (χ0v) is 16.6. The van der Waals surface area contributed by atoms with Crippen LogP contribution >= 0.6 is 11.6 Å². The monoisotopic (exact) mass is 366 g/mol. The molecule has 0 atom stereocenters. The molecule has 2 aromatic rings. The second-order valence-corrected chi connectivity index (χ2v) is 8.59. The lowest BCUT2D eigenvalue weighted by atomic mass is 9.66. The van der Waals surface area contributed by atoms with Gasteiger partial charge in [-0.1, -0.05) is 48.0 Å². The maximum absolute atomic E-state index is 6.39. The number of hydrogen-bond acceptors (Lipinski definition) is 2. The molecule has 1 fully saturated rings. The molecule has 2 aromatic carbocycles.